The fourth-order valence-electron chi connectivity index (χ4n) is 8.66. The van der Waals surface area contributed by atoms with Crippen LogP contribution in [0.2, 0.25) is 0 Å². The van der Waals surface area contributed by atoms with Crippen molar-refractivity contribution in [3.05, 3.63) is 231 Å². The molecule has 0 aliphatic heterocycles. The van der Waals surface area contributed by atoms with Crippen molar-refractivity contribution in [2.24, 2.45) is 0 Å². The zero-order chi connectivity index (χ0) is 59.1. The summed E-state index contributed by atoms with van der Waals surface area (Å²) in [6.07, 6.45) is -52.4. The first-order valence-corrected chi connectivity index (χ1v) is 23.0. The number of benzene rings is 7. The van der Waals surface area contributed by atoms with Gasteiger partial charge in [0.1, 0.15) is 11.8 Å². The van der Waals surface area contributed by atoms with Crippen LogP contribution in [0, 0.1) is 0 Å². The molecule has 2 atom stereocenters. The summed E-state index contributed by atoms with van der Waals surface area (Å²) in [6, 6.07) is 23.1. The van der Waals surface area contributed by atoms with Crippen molar-refractivity contribution in [2.75, 3.05) is 0 Å². The van der Waals surface area contributed by atoms with E-state index in [2.05, 4.69) is 97.1 Å². The Bertz CT molecular complexity index is 2790. The van der Waals surface area contributed by atoms with E-state index in [1.54, 1.807) is 0 Å². The van der Waals surface area contributed by atoms with Gasteiger partial charge in [0.2, 0.25) is 0 Å². The Morgan fingerprint density at radius 2 is 0.481 bits per heavy atom. The first kappa shape index (κ1) is 61.3. The zero-order valence-corrected chi connectivity index (χ0v) is 40.5. The summed E-state index contributed by atoms with van der Waals surface area (Å²) < 4.78 is 341. The van der Waals surface area contributed by atoms with Crippen LogP contribution in [-0.2, 0) is 49.4 Å². The topological polar surface area (TPSA) is 0 Å². The van der Waals surface area contributed by atoms with Crippen molar-refractivity contribution >= 4 is 42.8 Å². The second kappa shape index (κ2) is 22.0. The summed E-state index contributed by atoms with van der Waals surface area (Å²) in [5, 5.41) is 0. The molecule has 26 heteroatoms. The average molecular weight is 1170 g/mol. The van der Waals surface area contributed by atoms with E-state index >= 15 is 0 Å². The van der Waals surface area contributed by atoms with Gasteiger partial charge in [-0.05, 0) is 61.8 Å². The van der Waals surface area contributed by atoms with Crippen molar-refractivity contribution in [2.45, 2.75) is 55.1 Å². The first-order valence-electron chi connectivity index (χ1n) is 22.2. The van der Waals surface area contributed by atoms with E-state index in [1.807, 2.05) is 9.24 Å². The molecule has 0 nitrogen and oxygen atoms in total. The van der Waals surface area contributed by atoms with E-state index in [0.717, 1.165) is 0 Å². The lowest BCUT2D eigenvalue weighted by atomic mass is 9.12. The smallest absolute Gasteiger partial charge is 0.194 e. The standard InChI is InChI=1S/C32H12BF24.C21H19P/c34-25(35,36)13-1-14(26(37,38)39)6-21(5-13)33(22-7-15(27(40,41)42)2-16(8-22)28(43,44)45,23-9-17(29(46,47)48)3-18(10-23)30(49,50)51)24-11-19(31(52,53)54)4-20(12-24)32(55,56)57;22-21(19-14-8-3-9-15-19)16-20(17-10-4-1-5-11-17)18-12-6-2-7-13-18/h1-12H;1-16,21H,22H2/q-1;/p+1. The molecule has 79 heavy (non-hydrogen) atoms. The molecule has 0 aliphatic rings. The van der Waals surface area contributed by atoms with Gasteiger partial charge < -0.3 is 0 Å². The van der Waals surface area contributed by atoms with E-state index in [9.17, 15) is 105 Å². The van der Waals surface area contributed by atoms with Crippen molar-refractivity contribution in [3.63, 3.8) is 0 Å². The highest BCUT2D eigenvalue weighted by molar-refractivity contribution is 7.20. The minimum absolute atomic E-state index is 0.400. The summed E-state index contributed by atoms with van der Waals surface area (Å²) in [6.45, 7) is 0. The second-order valence-electron chi connectivity index (χ2n) is 17.6. The van der Waals surface area contributed by atoms with Crippen LogP contribution >= 0.6 is 9.24 Å². The number of allylic oxidation sites excluding steroid dienone is 1. The minimum Gasteiger partial charge on any atom is -0.194 e. The highest BCUT2D eigenvalue weighted by Gasteiger charge is 2.47. The molecule has 0 spiro atoms. The highest BCUT2D eigenvalue weighted by atomic mass is 31.0. The maximum atomic E-state index is 14.2. The van der Waals surface area contributed by atoms with E-state index in [1.165, 1.54) is 22.3 Å². The number of hydrogen-bond acceptors (Lipinski definition) is 0. The Kier molecular flexibility index (Phi) is 17.0. The number of rotatable bonds is 8. The van der Waals surface area contributed by atoms with Crippen LogP contribution < -0.4 is 21.9 Å². The first-order chi connectivity index (χ1) is 36.1. The molecule has 0 amide bonds. The molecule has 0 N–H and O–H groups in total. The summed E-state index contributed by atoms with van der Waals surface area (Å²) in [7, 11) is 2.02. The molecule has 420 valence electrons. The summed E-state index contributed by atoms with van der Waals surface area (Å²) in [4.78, 5) is 0. The van der Waals surface area contributed by atoms with Gasteiger partial charge in [0.05, 0.1) is 44.5 Å². The largest absolute Gasteiger partial charge is 0.416 e. The Balaban J connectivity index is 0.000000378. The molecule has 0 saturated carbocycles. The van der Waals surface area contributed by atoms with Gasteiger partial charge in [0.25, 0.3) is 0 Å². The third kappa shape index (κ3) is 14.5. The minimum atomic E-state index is -6.13. The van der Waals surface area contributed by atoms with Crippen LogP contribution in [0.25, 0.3) is 5.57 Å². The van der Waals surface area contributed by atoms with Crippen molar-refractivity contribution < 1.29 is 105 Å². The van der Waals surface area contributed by atoms with Gasteiger partial charge in [-0.1, -0.05) is 140 Å². The van der Waals surface area contributed by atoms with Crippen LogP contribution in [0.15, 0.2) is 170 Å². The van der Waals surface area contributed by atoms with Crippen molar-refractivity contribution in [1.82, 2.24) is 0 Å². The third-order valence-corrected chi connectivity index (χ3v) is 12.9. The molecule has 2 unspecified atom stereocenters. The van der Waals surface area contributed by atoms with Gasteiger partial charge in [0.15, 0.2) is 0 Å². The van der Waals surface area contributed by atoms with E-state index in [4.69, 9.17) is 0 Å². The molecule has 0 aromatic heterocycles. The predicted molar refractivity (Wildman–Crippen MR) is 250 cm³/mol. The lowest BCUT2D eigenvalue weighted by molar-refractivity contribution is -0.144. The summed E-state index contributed by atoms with van der Waals surface area (Å²) >= 11 is 0. The molecule has 7 rings (SSSR count). The lowest BCUT2D eigenvalue weighted by Crippen LogP contribution is -2.75. The molecular weight excluding hydrogens is 1130 g/mol. The maximum absolute atomic E-state index is 14.2. The molecule has 0 fully saturated rings. The molecule has 0 bridgehead atoms. The van der Waals surface area contributed by atoms with Gasteiger partial charge in [-0.15, -0.1) is 0 Å². The lowest BCUT2D eigenvalue weighted by Gasteiger charge is -2.46. The van der Waals surface area contributed by atoms with Crippen molar-refractivity contribution in [3.8, 4) is 0 Å². The fourth-order valence-corrected chi connectivity index (χ4v) is 9.17. The van der Waals surface area contributed by atoms with Crippen LogP contribution in [0.5, 0.6) is 0 Å². The van der Waals surface area contributed by atoms with E-state index in [0.29, 0.717) is 5.66 Å². The van der Waals surface area contributed by atoms with Gasteiger partial charge in [-0.2, -0.15) is 127 Å². The van der Waals surface area contributed by atoms with Crippen LogP contribution in [-0.4, -0.2) is 6.15 Å². The third-order valence-electron chi connectivity index (χ3n) is 12.2. The Labute approximate surface area is 433 Å². The van der Waals surface area contributed by atoms with E-state index < -0.39 is 195 Å². The molecule has 0 heterocycles. The van der Waals surface area contributed by atoms with E-state index in [-0.39, 0.29) is 0 Å². The monoisotopic (exact) mass is 1170 g/mol. The predicted octanol–water partition coefficient (Wildman–Crippen LogP) is 16.7. The number of hydrogen-bond donors (Lipinski definition) is 0. The normalized spacial score (nSPS) is 13.6. The molecular formula is C53H32BF24P. The SMILES string of the molecule is FC(F)(F)c1cc([B-](c2cc(C(F)(F)F)cc(C(F)(F)F)c2)(c2cc(C(F)(F)F)cc(C(F)(F)F)c2)c2cc(C(F)(F)F)cc(C(F)(F)F)c2)cc(C(F)(F)F)c1.[PH3+]C(C=C(c1ccccc1)c1ccccc1)c1ccccc1. The number of halogens is 24. The highest BCUT2D eigenvalue weighted by Crippen LogP contribution is 2.42. The number of alkyl halides is 24. The maximum Gasteiger partial charge on any atom is 0.416 e. The van der Waals surface area contributed by atoms with Crippen LogP contribution in [0.1, 0.15) is 66.9 Å². The van der Waals surface area contributed by atoms with Gasteiger partial charge >= 0.3 is 49.4 Å². The van der Waals surface area contributed by atoms with Crippen LogP contribution in [0.3, 0.4) is 0 Å². The average Bonchev–Trinajstić information content (AvgIpc) is 3.56. The van der Waals surface area contributed by atoms with Gasteiger partial charge in [-0.3, -0.25) is 0 Å². The molecule has 0 saturated heterocycles. The quantitative estimate of drug-likeness (QED) is 0.0808. The van der Waals surface area contributed by atoms with Crippen molar-refractivity contribution in [1.29, 1.82) is 0 Å². The van der Waals surface area contributed by atoms with Crippen LogP contribution in [0.4, 0.5) is 105 Å². The summed E-state index contributed by atoms with van der Waals surface area (Å²) in [5.41, 5.74) is -24.6. The Hall–Kier alpha value is -6.91. The molecule has 0 aliphatic carbocycles. The molecule has 7 aromatic rings. The van der Waals surface area contributed by atoms with Gasteiger partial charge in [-0.25, -0.2) is 0 Å². The zero-order valence-electron chi connectivity index (χ0n) is 39.1. The molecule has 0 radical (unpaired) electrons. The fraction of sp³-hybridized carbons (Fsp3) is 0.170. The Morgan fingerprint density at radius 1 is 0.291 bits per heavy atom. The second-order valence-corrected chi connectivity index (χ2v) is 18.4. The summed E-state index contributed by atoms with van der Waals surface area (Å²) in [5.74, 6) is 0. The molecule has 7 aromatic carbocycles. The Morgan fingerprint density at radius 3 is 0.671 bits per heavy atom. The van der Waals surface area contributed by atoms with Gasteiger partial charge in [0, 0.05) is 0 Å².